The molecule has 0 aromatic heterocycles. The van der Waals surface area contributed by atoms with Crippen molar-refractivity contribution < 1.29 is 13.5 Å². The van der Waals surface area contributed by atoms with Crippen molar-refractivity contribution in [2.24, 2.45) is 0 Å². The highest BCUT2D eigenvalue weighted by Crippen LogP contribution is 2.25. The Bertz CT molecular complexity index is 525. The van der Waals surface area contributed by atoms with Gasteiger partial charge in [0, 0.05) is 12.6 Å². The molecule has 1 saturated heterocycles. The maximum Gasteiger partial charge on any atom is 0.243 e. The molecule has 1 heterocycles. The molecule has 4 nitrogen and oxygen atoms in total. The highest BCUT2D eigenvalue weighted by molar-refractivity contribution is 7.89. The van der Waals surface area contributed by atoms with Crippen molar-refractivity contribution >= 4 is 10.0 Å². The number of aryl methyl sites for hydroxylation is 1. The summed E-state index contributed by atoms with van der Waals surface area (Å²) in [4.78, 5) is 0.331. The minimum absolute atomic E-state index is 0.104. The Labute approximate surface area is 121 Å². The van der Waals surface area contributed by atoms with Gasteiger partial charge in [0.2, 0.25) is 10.0 Å². The third-order valence-electron chi connectivity index (χ3n) is 3.85. The third kappa shape index (κ3) is 3.22. The number of nitrogens with zero attached hydrogens (tertiary/aromatic N) is 1. The van der Waals surface area contributed by atoms with Gasteiger partial charge in [-0.2, -0.15) is 4.31 Å². The van der Waals surface area contributed by atoms with E-state index in [2.05, 4.69) is 6.92 Å². The molecular weight excluding hydrogens is 274 g/mol. The van der Waals surface area contributed by atoms with E-state index in [1.807, 2.05) is 12.1 Å². The lowest BCUT2D eigenvalue weighted by molar-refractivity contribution is 0.155. The van der Waals surface area contributed by atoms with Crippen LogP contribution in [0.4, 0.5) is 0 Å². The quantitative estimate of drug-likeness (QED) is 0.906. The normalized spacial score (nSPS) is 21.0. The van der Waals surface area contributed by atoms with Crippen LogP contribution >= 0.6 is 0 Å². The van der Waals surface area contributed by atoms with Gasteiger partial charge in [-0.1, -0.05) is 31.9 Å². The van der Waals surface area contributed by atoms with Crippen LogP contribution in [-0.2, 0) is 16.4 Å². The number of piperidine rings is 1. The van der Waals surface area contributed by atoms with Crippen LogP contribution in [0.5, 0.6) is 0 Å². The molecule has 1 aromatic carbocycles. The summed E-state index contributed by atoms with van der Waals surface area (Å²) in [5, 5.41) is 9.38. The second-order valence-corrected chi connectivity index (χ2v) is 7.23. The molecule has 1 aromatic rings. The first-order chi connectivity index (χ1) is 9.59. The van der Waals surface area contributed by atoms with Crippen LogP contribution in [0.3, 0.4) is 0 Å². The van der Waals surface area contributed by atoms with Crippen molar-refractivity contribution in [3.05, 3.63) is 29.8 Å². The largest absolute Gasteiger partial charge is 0.395 e. The van der Waals surface area contributed by atoms with Crippen LogP contribution < -0.4 is 0 Å². The molecule has 112 valence electrons. The van der Waals surface area contributed by atoms with Crippen molar-refractivity contribution in [2.75, 3.05) is 13.2 Å². The average molecular weight is 297 g/mol. The second kappa shape index (κ2) is 6.70. The number of rotatable bonds is 5. The van der Waals surface area contributed by atoms with E-state index >= 15 is 0 Å². The molecule has 1 N–H and O–H groups in total. The van der Waals surface area contributed by atoms with Gasteiger partial charge in [0.25, 0.3) is 0 Å². The zero-order valence-corrected chi connectivity index (χ0v) is 12.8. The summed E-state index contributed by atoms with van der Waals surface area (Å²) in [6.07, 6.45) is 4.59. The molecule has 0 amide bonds. The van der Waals surface area contributed by atoms with E-state index in [1.54, 1.807) is 12.1 Å². The van der Waals surface area contributed by atoms with Crippen LogP contribution in [0.2, 0.25) is 0 Å². The average Bonchev–Trinajstić information content (AvgIpc) is 2.48. The topological polar surface area (TPSA) is 57.6 Å². The number of sulfonamides is 1. The maximum atomic E-state index is 12.6. The molecule has 1 fully saturated rings. The van der Waals surface area contributed by atoms with Crippen LogP contribution in [0.15, 0.2) is 29.2 Å². The Morgan fingerprint density at radius 1 is 1.25 bits per heavy atom. The van der Waals surface area contributed by atoms with Crippen LogP contribution in [0.25, 0.3) is 0 Å². The molecule has 20 heavy (non-hydrogen) atoms. The summed E-state index contributed by atoms with van der Waals surface area (Å²) in [6.45, 7) is 2.50. The monoisotopic (exact) mass is 297 g/mol. The van der Waals surface area contributed by atoms with E-state index < -0.39 is 10.0 Å². The van der Waals surface area contributed by atoms with Crippen molar-refractivity contribution in [3.8, 4) is 0 Å². The molecule has 0 spiro atoms. The number of hydrogen-bond acceptors (Lipinski definition) is 3. The molecule has 1 aliphatic rings. The van der Waals surface area contributed by atoms with E-state index in [4.69, 9.17) is 0 Å². The SMILES string of the molecule is CCCc1ccc(S(=O)(=O)N2CCCCC2CO)cc1. The molecule has 1 aliphatic heterocycles. The summed E-state index contributed by atoms with van der Waals surface area (Å²) in [7, 11) is -3.48. The predicted molar refractivity (Wildman–Crippen MR) is 79.1 cm³/mol. The Hall–Kier alpha value is -0.910. The highest BCUT2D eigenvalue weighted by atomic mass is 32.2. The van der Waals surface area contributed by atoms with E-state index in [1.165, 1.54) is 4.31 Å². The van der Waals surface area contributed by atoms with E-state index in [9.17, 15) is 13.5 Å². The molecule has 0 saturated carbocycles. The number of aliphatic hydroxyl groups excluding tert-OH is 1. The van der Waals surface area contributed by atoms with Crippen LogP contribution in [0, 0.1) is 0 Å². The Morgan fingerprint density at radius 3 is 2.55 bits per heavy atom. The summed E-state index contributed by atoms with van der Waals surface area (Å²) in [5.41, 5.74) is 1.16. The lowest BCUT2D eigenvalue weighted by Crippen LogP contribution is -2.45. The zero-order valence-electron chi connectivity index (χ0n) is 12.0. The van der Waals surface area contributed by atoms with Gasteiger partial charge in [0.1, 0.15) is 0 Å². The fourth-order valence-corrected chi connectivity index (χ4v) is 4.41. The molecule has 2 rings (SSSR count). The first-order valence-electron chi connectivity index (χ1n) is 7.31. The Balaban J connectivity index is 2.24. The summed E-state index contributed by atoms with van der Waals surface area (Å²) < 4.78 is 26.7. The molecule has 5 heteroatoms. The fraction of sp³-hybridized carbons (Fsp3) is 0.600. The summed E-state index contributed by atoms with van der Waals surface area (Å²) in [5.74, 6) is 0. The highest BCUT2D eigenvalue weighted by Gasteiger charge is 2.32. The number of benzene rings is 1. The first-order valence-corrected chi connectivity index (χ1v) is 8.75. The minimum atomic E-state index is -3.48. The van der Waals surface area contributed by atoms with Gasteiger partial charge in [-0.3, -0.25) is 0 Å². The van der Waals surface area contributed by atoms with Crippen molar-refractivity contribution in [1.82, 2.24) is 4.31 Å². The summed E-state index contributed by atoms with van der Waals surface area (Å²) in [6, 6.07) is 6.86. The number of hydrogen-bond donors (Lipinski definition) is 1. The predicted octanol–water partition coefficient (Wildman–Crippen LogP) is 2.17. The van der Waals surface area contributed by atoms with Gasteiger partial charge in [0.15, 0.2) is 0 Å². The van der Waals surface area contributed by atoms with Gasteiger partial charge >= 0.3 is 0 Å². The van der Waals surface area contributed by atoms with E-state index in [-0.39, 0.29) is 12.6 Å². The van der Waals surface area contributed by atoms with E-state index in [0.717, 1.165) is 37.7 Å². The van der Waals surface area contributed by atoms with E-state index in [0.29, 0.717) is 11.4 Å². The van der Waals surface area contributed by atoms with Crippen LogP contribution in [0.1, 0.15) is 38.2 Å². The Morgan fingerprint density at radius 2 is 1.95 bits per heavy atom. The van der Waals surface area contributed by atoms with Crippen LogP contribution in [-0.4, -0.2) is 37.0 Å². The molecular formula is C15H23NO3S. The summed E-state index contributed by atoms with van der Waals surface area (Å²) >= 11 is 0. The molecule has 1 unspecified atom stereocenters. The van der Waals surface area contributed by atoms with Crippen molar-refractivity contribution in [3.63, 3.8) is 0 Å². The lowest BCUT2D eigenvalue weighted by Gasteiger charge is -2.33. The molecule has 0 bridgehead atoms. The van der Waals surface area contributed by atoms with Gasteiger partial charge in [-0.15, -0.1) is 0 Å². The standard InChI is InChI=1S/C15H23NO3S/c1-2-5-13-7-9-15(10-8-13)20(18,19)16-11-4-3-6-14(16)12-17/h7-10,14,17H,2-6,11-12H2,1H3. The molecule has 0 radical (unpaired) electrons. The minimum Gasteiger partial charge on any atom is -0.395 e. The maximum absolute atomic E-state index is 12.6. The zero-order chi connectivity index (χ0) is 14.6. The van der Waals surface area contributed by atoms with Gasteiger partial charge in [-0.25, -0.2) is 8.42 Å². The second-order valence-electron chi connectivity index (χ2n) is 5.34. The lowest BCUT2D eigenvalue weighted by atomic mass is 10.1. The fourth-order valence-electron chi connectivity index (χ4n) is 2.73. The van der Waals surface area contributed by atoms with Gasteiger partial charge in [-0.05, 0) is 37.0 Å². The molecule has 1 atom stereocenters. The van der Waals surface area contributed by atoms with Crippen molar-refractivity contribution in [1.29, 1.82) is 0 Å². The first kappa shape index (κ1) is 15.5. The Kier molecular flexibility index (Phi) is 5.18. The molecule has 0 aliphatic carbocycles. The van der Waals surface area contributed by atoms with Gasteiger partial charge in [0.05, 0.1) is 11.5 Å². The number of aliphatic hydroxyl groups is 1. The van der Waals surface area contributed by atoms with Crippen molar-refractivity contribution in [2.45, 2.75) is 50.0 Å². The van der Waals surface area contributed by atoms with Gasteiger partial charge < -0.3 is 5.11 Å². The third-order valence-corrected chi connectivity index (χ3v) is 5.82. The smallest absolute Gasteiger partial charge is 0.243 e.